The molecular formula is C19H26N4O5. The highest BCUT2D eigenvalue weighted by Gasteiger charge is 2.24. The standard InChI is InChI=1S/C19H26N4O5/c1-4-9-23-17(20)16(18(25)21-19(23)26)22(10-11-27-2)15(24)12-13-7-5-6-8-14(13)28-3/h5-8H,4,9-12,20H2,1-3H3,(H,21,25,26). The molecule has 0 aliphatic carbocycles. The van der Waals surface area contributed by atoms with Gasteiger partial charge < -0.3 is 20.1 Å². The molecule has 152 valence electrons. The molecular weight excluding hydrogens is 364 g/mol. The third-order valence-electron chi connectivity index (χ3n) is 4.29. The summed E-state index contributed by atoms with van der Waals surface area (Å²) < 4.78 is 11.6. The zero-order chi connectivity index (χ0) is 20.7. The maximum Gasteiger partial charge on any atom is 0.330 e. The van der Waals surface area contributed by atoms with Crippen molar-refractivity contribution in [3.63, 3.8) is 0 Å². The number of aromatic amines is 1. The van der Waals surface area contributed by atoms with Gasteiger partial charge in [-0.3, -0.25) is 19.1 Å². The van der Waals surface area contributed by atoms with Crippen molar-refractivity contribution < 1.29 is 14.3 Å². The van der Waals surface area contributed by atoms with Crippen LogP contribution in [0, 0.1) is 0 Å². The van der Waals surface area contributed by atoms with Gasteiger partial charge in [-0.05, 0) is 12.5 Å². The predicted octanol–water partition coefficient (Wildman–Crippen LogP) is 0.760. The van der Waals surface area contributed by atoms with Crippen LogP contribution in [0.4, 0.5) is 11.5 Å². The van der Waals surface area contributed by atoms with Crippen molar-refractivity contribution in [3.8, 4) is 5.75 Å². The molecule has 9 nitrogen and oxygen atoms in total. The molecule has 1 aromatic carbocycles. The Morgan fingerprint density at radius 3 is 2.61 bits per heavy atom. The van der Waals surface area contributed by atoms with Gasteiger partial charge >= 0.3 is 5.69 Å². The zero-order valence-electron chi connectivity index (χ0n) is 16.4. The quantitative estimate of drug-likeness (QED) is 0.652. The van der Waals surface area contributed by atoms with E-state index in [9.17, 15) is 14.4 Å². The van der Waals surface area contributed by atoms with Crippen molar-refractivity contribution >= 4 is 17.4 Å². The van der Waals surface area contributed by atoms with Crippen molar-refractivity contribution in [2.24, 2.45) is 0 Å². The van der Waals surface area contributed by atoms with Gasteiger partial charge in [0.05, 0.1) is 20.1 Å². The Kier molecular flexibility index (Phi) is 7.39. The number of aromatic nitrogens is 2. The highest BCUT2D eigenvalue weighted by molar-refractivity contribution is 5.97. The largest absolute Gasteiger partial charge is 0.496 e. The Morgan fingerprint density at radius 1 is 1.25 bits per heavy atom. The van der Waals surface area contributed by atoms with E-state index in [2.05, 4.69) is 4.98 Å². The van der Waals surface area contributed by atoms with Crippen molar-refractivity contribution in [2.75, 3.05) is 38.0 Å². The van der Waals surface area contributed by atoms with E-state index in [-0.39, 0.29) is 37.0 Å². The number of para-hydroxylation sites is 1. The molecule has 0 aliphatic heterocycles. The lowest BCUT2D eigenvalue weighted by Crippen LogP contribution is -2.43. The molecule has 0 atom stereocenters. The SMILES string of the molecule is CCCn1c(N)c(N(CCOC)C(=O)Cc2ccccc2OC)c(=O)[nH]c1=O. The lowest BCUT2D eigenvalue weighted by molar-refractivity contribution is -0.118. The molecule has 0 saturated carbocycles. The predicted molar refractivity (Wildman–Crippen MR) is 107 cm³/mol. The van der Waals surface area contributed by atoms with Gasteiger partial charge in [0.2, 0.25) is 5.91 Å². The number of ether oxygens (including phenoxy) is 2. The highest BCUT2D eigenvalue weighted by atomic mass is 16.5. The van der Waals surface area contributed by atoms with Gasteiger partial charge in [0, 0.05) is 25.8 Å². The number of nitrogen functional groups attached to an aromatic ring is 1. The molecule has 0 radical (unpaired) electrons. The zero-order valence-corrected chi connectivity index (χ0v) is 16.4. The van der Waals surface area contributed by atoms with E-state index >= 15 is 0 Å². The van der Waals surface area contributed by atoms with E-state index in [1.807, 2.05) is 6.92 Å². The first-order valence-corrected chi connectivity index (χ1v) is 8.98. The summed E-state index contributed by atoms with van der Waals surface area (Å²) in [6, 6.07) is 7.13. The fourth-order valence-corrected chi connectivity index (χ4v) is 2.93. The van der Waals surface area contributed by atoms with Crippen LogP contribution in [0.25, 0.3) is 0 Å². The van der Waals surface area contributed by atoms with E-state index in [4.69, 9.17) is 15.2 Å². The van der Waals surface area contributed by atoms with Crippen molar-refractivity contribution in [1.29, 1.82) is 0 Å². The second-order valence-corrected chi connectivity index (χ2v) is 6.17. The van der Waals surface area contributed by atoms with Crippen LogP contribution < -0.4 is 26.6 Å². The minimum Gasteiger partial charge on any atom is -0.496 e. The Hall–Kier alpha value is -3.07. The number of nitrogens with one attached hydrogen (secondary N) is 1. The van der Waals surface area contributed by atoms with Crippen LogP contribution in [0.1, 0.15) is 18.9 Å². The number of nitrogens with zero attached hydrogens (tertiary/aromatic N) is 2. The Bertz CT molecular complexity index is 935. The Morgan fingerprint density at radius 2 is 1.96 bits per heavy atom. The molecule has 0 bridgehead atoms. The first-order valence-electron chi connectivity index (χ1n) is 8.98. The number of amides is 1. The van der Waals surface area contributed by atoms with Gasteiger partial charge in [-0.2, -0.15) is 0 Å². The normalized spacial score (nSPS) is 10.7. The Balaban J connectivity index is 2.49. The first-order chi connectivity index (χ1) is 13.4. The van der Waals surface area contributed by atoms with Gasteiger partial charge in [-0.15, -0.1) is 0 Å². The van der Waals surface area contributed by atoms with E-state index in [0.29, 0.717) is 24.3 Å². The summed E-state index contributed by atoms with van der Waals surface area (Å²) in [5, 5.41) is 0. The molecule has 0 saturated heterocycles. The molecule has 1 aromatic heterocycles. The topological polar surface area (TPSA) is 120 Å². The van der Waals surface area contributed by atoms with Crippen molar-refractivity contribution in [3.05, 3.63) is 50.7 Å². The number of methoxy groups -OCH3 is 2. The third kappa shape index (κ3) is 4.61. The molecule has 0 aliphatic rings. The van der Waals surface area contributed by atoms with Crippen LogP contribution in [0.3, 0.4) is 0 Å². The first kappa shape index (κ1) is 21.2. The maximum absolute atomic E-state index is 13.1. The average molecular weight is 390 g/mol. The summed E-state index contributed by atoms with van der Waals surface area (Å²) in [7, 11) is 3.02. The lowest BCUT2D eigenvalue weighted by Gasteiger charge is -2.24. The number of carbonyl (C=O) groups excluding carboxylic acids is 1. The summed E-state index contributed by atoms with van der Waals surface area (Å²) in [5.74, 6) is 0.168. The number of anilines is 2. The van der Waals surface area contributed by atoms with E-state index in [1.54, 1.807) is 24.3 Å². The van der Waals surface area contributed by atoms with Gasteiger partial charge in [0.1, 0.15) is 11.6 Å². The van der Waals surface area contributed by atoms with E-state index in [1.165, 1.54) is 23.7 Å². The van der Waals surface area contributed by atoms with Crippen molar-refractivity contribution in [2.45, 2.75) is 26.3 Å². The minimum absolute atomic E-state index is 0.000484. The van der Waals surface area contributed by atoms with Crippen LogP contribution >= 0.6 is 0 Å². The molecule has 9 heteroatoms. The Labute approximate surface area is 162 Å². The van der Waals surface area contributed by atoms with E-state index in [0.717, 1.165) is 0 Å². The molecule has 0 fully saturated rings. The fraction of sp³-hybridized carbons (Fsp3) is 0.421. The minimum atomic E-state index is -0.709. The number of hydrogen-bond acceptors (Lipinski definition) is 6. The molecule has 28 heavy (non-hydrogen) atoms. The summed E-state index contributed by atoms with van der Waals surface area (Å²) in [4.78, 5) is 41.1. The summed E-state index contributed by atoms with van der Waals surface area (Å²) in [6.45, 7) is 2.52. The number of H-pyrrole nitrogens is 1. The molecule has 0 unspecified atom stereocenters. The fourth-order valence-electron chi connectivity index (χ4n) is 2.93. The summed E-state index contributed by atoms with van der Waals surface area (Å²) in [5.41, 5.74) is 5.43. The number of nitrogens with two attached hydrogens (primary N) is 1. The number of benzene rings is 1. The van der Waals surface area contributed by atoms with Gasteiger partial charge in [-0.25, -0.2) is 4.79 Å². The summed E-state index contributed by atoms with van der Waals surface area (Å²) in [6.07, 6.45) is 0.641. The molecule has 0 spiro atoms. The highest BCUT2D eigenvalue weighted by Crippen LogP contribution is 2.22. The maximum atomic E-state index is 13.1. The second-order valence-electron chi connectivity index (χ2n) is 6.17. The third-order valence-corrected chi connectivity index (χ3v) is 4.29. The van der Waals surface area contributed by atoms with Crippen LogP contribution in [-0.4, -0.2) is 42.8 Å². The van der Waals surface area contributed by atoms with Crippen LogP contribution in [-0.2, 0) is 22.5 Å². The van der Waals surface area contributed by atoms with Crippen LogP contribution in [0.15, 0.2) is 33.9 Å². The number of rotatable bonds is 9. The molecule has 1 heterocycles. The summed E-state index contributed by atoms with van der Waals surface area (Å²) >= 11 is 0. The van der Waals surface area contributed by atoms with E-state index < -0.39 is 11.2 Å². The number of hydrogen-bond donors (Lipinski definition) is 2. The van der Waals surface area contributed by atoms with Crippen molar-refractivity contribution in [1.82, 2.24) is 9.55 Å². The molecule has 1 amide bonds. The van der Waals surface area contributed by atoms with Gasteiger partial charge in [0.25, 0.3) is 5.56 Å². The monoisotopic (exact) mass is 390 g/mol. The smallest absolute Gasteiger partial charge is 0.330 e. The van der Waals surface area contributed by atoms with Gasteiger partial charge in [0.15, 0.2) is 5.69 Å². The average Bonchev–Trinajstić information content (AvgIpc) is 2.67. The molecule has 3 N–H and O–H groups in total. The van der Waals surface area contributed by atoms with Crippen LogP contribution in [0.5, 0.6) is 5.75 Å². The number of carbonyl (C=O) groups is 1. The molecule has 2 aromatic rings. The van der Waals surface area contributed by atoms with Gasteiger partial charge in [-0.1, -0.05) is 25.1 Å². The molecule has 2 rings (SSSR count). The van der Waals surface area contributed by atoms with Crippen LogP contribution in [0.2, 0.25) is 0 Å². The second kappa shape index (κ2) is 9.75. The lowest BCUT2D eigenvalue weighted by atomic mass is 10.1.